The van der Waals surface area contributed by atoms with E-state index in [4.69, 9.17) is 0 Å². The first-order valence-electron chi connectivity index (χ1n) is 6.80. The molecular weight excluding hydrogens is 184 g/mol. The van der Waals surface area contributed by atoms with Gasteiger partial charge in [-0.1, -0.05) is 19.8 Å². The summed E-state index contributed by atoms with van der Waals surface area (Å²) in [5.74, 6) is 0.921. The van der Waals surface area contributed by atoms with Crippen molar-refractivity contribution < 1.29 is 0 Å². The van der Waals surface area contributed by atoms with Gasteiger partial charge in [0.1, 0.15) is 0 Å². The molecule has 0 aliphatic carbocycles. The zero-order chi connectivity index (χ0) is 10.5. The van der Waals surface area contributed by atoms with Crippen LogP contribution in [0.3, 0.4) is 0 Å². The van der Waals surface area contributed by atoms with Crippen LogP contribution in [0.25, 0.3) is 0 Å². The molecule has 2 nitrogen and oxygen atoms in total. The van der Waals surface area contributed by atoms with Gasteiger partial charge >= 0.3 is 0 Å². The van der Waals surface area contributed by atoms with Crippen molar-refractivity contribution in [3.8, 4) is 0 Å². The second-order valence-corrected chi connectivity index (χ2v) is 5.51. The normalized spacial score (nSPS) is 35.0. The Labute approximate surface area is 94.4 Å². The first-order chi connectivity index (χ1) is 7.34. The van der Waals surface area contributed by atoms with Crippen LogP contribution in [-0.4, -0.2) is 37.1 Å². The van der Waals surface area contributed by atoms with Crippen LogP contribution >= 0.6 is 0 Å². The van der Waals surface area contributed by atoms with Gasteiger partial charge in [-0.05, 0) is 44.7 Å². The molecule has 2 fully saturated rings. The van der Waals surface area contributed by atoms with E-state index in [1.807, 2.05) is 0 Å². The lowest BCUT2D eigenvalue weighted by Crippen LogP contribution is -2.44. The molecule has 2 rings (SSSR count). The molecule has 2 heterocycles. The highest BCUT2D eigenvalue weighted by Crippen LogP contribution is 2.17. The lowest BCUT2D eigenvalue weighted by atomic mass is 9.99. The second-order valence-electron chi connectivity index (χ2n) is 5.51. The SMILES string of the molecule is C[C@H]1CCCN(C[C@@H]2CCCCCN2)C1. The lowest BCUT2D eigenvalue weighted by molar-refractivity contribution is 0.165. The van der Waals surface area contributed by atoms with Crippen molar-refractivity contribution in [2.45, 2.75) is 51.5 Å². The Morgan fingerprint density at radius 2 is 2.07 bits per heavy atom. The van der Waals surface area contributed by atoms with Gasteiger partial charge in [-0.2, -0.15) is 0 Å². The third-order valence-corrected chi connectivity index (χ3v) is 3.88. The molecule has 88 valence electrons. The molecular formula is C13H26N2. The number of hydrogen-bond donors (Lipinski definition) is 1. The van der Waals surface area contributed by atoms with E-state index in [9.17, 15) is 0 Å². The van der Waals surface area contributed by atoms with Gasteiger partial charge in [-0.3, -0.25) is 0 Å². The molecule has 2 aliphatic rings. The Hall–Kier alpha value is -0.0800. The summed E-state index contributed by atoms with van der Waals surface area (Å²) in [6.07, 6.45) is 8.49. The van der Waals surface area contributed by atoms with Gasteiger partial charge in [0.05, 0.1) is 0 Å². The summed E-state index contributed by atoms with van der Waals surface area (Å²) in [4.78, 5) is 2.68. The Morgan fingerprint density at radius 3 is 2.93 bits per heavy atom. The minimum atomic E-state index is 0.776. The van der Waals surface area contributed by atoms with Gasteiger partial charge in [-0.15, -0.1) is 0 Å². The highest BCUT2D eigenvalue weighted by Gasteiger charge is 2.20. The highest BCUT2D eigenvalue weighted by molar-refractivity contribution is 4.78. The summed E-state index contributed by atoms with van der Waals surface area (Å²) in [5, 5.41) is 3.70. The standard InChI is InChI=1S/C13H26N2/c1-12-6-5-9-15(10-12)11-13-7-3-2-4-8-14-13/h12-14H,2-11H2,1H3/t12-,13-/m0/s1. The fourth-order valence-corrected chi connectivity index (χ4v) is 3.02. The fraction of sp³-hybridized carbons (Fsp3) is 1.00. The Bertz CT molecular complexity index is 173. The van der Waals surface area contributed by atoms with E-state index < -0.39 is 0 Å². The molecule has 0 aromatic heterocycles. The van der Waals surface area contributed by atoms with Crippen molar-refractivity contribution in [2.24, 2.45) is 5.92 Å². The monoisotopic (exact) mass is 210 g/mol. The molecule has 2 atom stereocenters. The van der Waals surface area contributed by atoms with Crippen LogP contribution in [0.5, 0.6) is 0 Å². The molecule has 2 saturated heterocycles. The molecule has 0 aromatic carbocycles. The van der Waals surface area contributed by atoms with Crippen molar-refractivity contribution in [1.29, 1.82) is 0 Å². The molecule has 15 heavy (non-hydrogen) atoms. The molecule has 0 radical (unpaired) electrons. The first kappa shape index (κ1) is 11.4. The molecule has 0 saturated carbocycles. The van der Waals surface area contributed by atoms with E-state index in [-0.39, 0.29) is 0 Å². The minimum Gasteiger partial charge on any atom is -0.313 e. The summed E-state index contributed by atoms with van der Waals surface area (Å²) >= 11 is 0. The largest absolute Gasteiger partial charge is 0.313 e. The fourth-order valence-electron chi connectivity index (χ4n) is 3.02. The van der Waals surface area contributed by atoms with E-state index >= 15 is 0 Å². The van der Waals surface area contributed by atoms with Crippen LogP contribution in [-0.2, 0) is 0 Å². The number of piperidine rings is 1. The van der Waals surface area contributed by atoms with Crippen LogP contribution in [0.15, 0.2) is 0 Å². The zero-order valence-electron chi connectivity index (χ0n) is 10.2. The molecule has 0 spiro atoms. The number of nitrogens with zero attached hydrogens (tertiary/aromatic N) is 1. The predicted molar refractivity (Wildman–Crippen MR) is 65.1 cm³/mol. The average molecular weight is 210 g/mol. The van der Waals surface area contributed by atoms with Crippen molar-refractivity contribution >= 4 is 0 Å². The van der Waals surface area contributed by atoms with E-state index in [0.717, 1.165) is 12.0 Å². The van der Waals surface area contributed by atoms with E-state index in [2.05, 4.69) is 17.1 Å². The zero-order valence-corrected chi connectivity index (χ0v) is 10.2. The second kappa shape index (κ2) is 5.86. The van der Waals surface area contributed by atoms with Gasteiger partial charge in [0.25, 0.3) is 0 Å². The van der Waals surface area contributed by atoms with Crippen LogP contribution < -0.4 is 5.32 Å². The van der Waals surface area contributed by atoms with Crippen LogP contribution in [0.4, 0.5) is 0 Å². The number of likely N-dealkylation sites (tertiary alicyclic amines) is 1. The smallest absolute Gasteiger partial charge is 0.0195 e. The Balaban J connectivity index is 1.74. The quantitative estimate of drug-likeness (QED) is 0.752. The van der Waals surface area contributed by atoms with Gasteiger partial charge in [-0.25, -0.2) is 0 Å². The Morgan fingerprint density at radius 1 is 1.13 bits per heavy atom. The lowest BCUT2D eigenvalue weighted by Gasteiger charge is -2.33. The summed E-state index contributed by atoms with van der Waals surface area (Å²) in [5.41, 5.74) is 0. The van der Waals surface area contributed by atoms with Crippen LogP contribution in [0.2, 0.25) is 0 Å². The summed E-state index contributed by atoms with van der Waals surface area (Å²) in [7, 11) is 0. The Kier molecular flexibility index (Phi) is 4.45. The average Bonchev–Trinajstić information content (AvgIpc) is 2.46. The van der Waals surface area contributed by atoms with E-state index in [1.54, 1.807) is 0 Å². The third-order valence-electron chi connectivity index (χ3n) is 3.88. The van der Waals surface area contributed by atoms with Crippen LogP contribution in [0.1, 0.15) is 45.4 Å². The summed E-state index contributed by atoms with van der Waals surface area (Å²) < 4.78 is 0. The van der Waals surface area contributed by atoms with Gasteiger partial charge in [0.15, 0.2) is 0 Å². The minimum absolute atomic E-state index is 0.776. The molecule has 0 bridgehead atoms. The summed E-state index contributed by atoms with van der Waals surface area (Å²) in [6, 6.07) is 0.776. The number of hydrogen-bond acceptors (Lipinski definition) is 2. The van der Waals surface area contributed by atoms with Crippen molar-refractivity contribution in [2.75, 3.05) is 26.2 Å². The number of nitrogens with one attached hydrogen (secondary N) is 1. The summed E-state index contributed by atoms with van der Waals surface area (Å²) in [6.45, 7) is 7.60. The van der Waals surface area contributed by atoms with Gasteiger partial charge in [0.2, 0.25) is 0 Å². The molecule has 0 aromatic rings. The predicted octanol–water partition coefficient (Wildman–Crippen LogP) is 2.25. The van der Waals surface area contributed by atoms with Crippen molar-refractivity contribution in [3.05, 3.63) is 0 Å². The van der Waals surface area contributed by atoms with E-state index in [1.165, 1.54) is 64.7 Å². The topological polar surface area (TPSA) is 15.3 Å². The molecule has 2 heteroatoms. The van der Waals surface area contributed by atoms with Gasteiger partial charge < -0.3 is 10.2 Å². The maximum absolute atomic E-state index is 3.70. The van der Waals surface area contributed by atoms with Gasteiger partial charge in [0, 0.05) is 19.1 Å². The highest BCUT2D eigenvalue weighted by atomic mass is 15.2. The molecule has 1 N–H and O–H groups in total. The van der Waals surface area contributed by atoms with Crippen LogP contribution in [0, 0.1) is 5.92 Å². The third kappa shape index (κ3) is 3.76. The van der Waals surface area contributed by atoms with Crippen molar-refractivity contribution in [3.63, 3.8) is 0 Å². The first-order valence-corrected chi connectivity index (χ1v) is 6.80. The maximum atomic E-state index is 3.70. The number of rotatable bonds is 2. The molecule has 2 aliphatic heterocycles. The molecule has 0 amide bonds. The maximum Gasteiger partial charge on any atom is 0.0195 e. The van der Waals surface area contributed by atoms with E-state index in [0.29, 0.717) is 0 Å². The molecule has 0 unspecified atom stereocenters. The van der Waals surface area contributed by atoms with Crippen molar-refractivity contribution in [1.82, 2.24) is 10.2 Å².